The van der Waals surface area contributed by atoms with Crippen molar-refractivity contribution in [2.75, 3.05) is 12.4 Å². The second-order valence-corrected chi connectivity index (χ2v) is 5.98. The summed E-state index contributed by atoms with van der Waals surface area (Å²) in [7, 11) is 1.61. The van der Waals surface area contributed by atoms with E-state index in [4.69, 9.17) is 4.74 Å². The van der Waals surface area contributed by atoms with Crippen molar-refractivity contribution in [3.05, 3.63) is 59.2 Å². The summed E-state index contributed by atoms with van der Waals surface area (Å²) >= 11 is 3.33. The molecule has 0 saturated carbocycles. The van der Waals surface area contributed by atoms with Gasteiger partial charge in [-0.15, -0.1) is 6.58 Å². The molecule has 0 aliphatic rings. The summed E-state index contributed by atoms with van der Waals surface area (Å²) in [6, 6.07) is 9.12. The van der Waals surface area contributed by atoms with Gasteiger partial charge in [0.15, 0.2) is 0 Å². The van der Waals surface area contributed by atoms with Crippen LogP contribution in [0.4, 0.5) is 14.5 Å². The van der Waals surface area contributed by atoms with E-state index in [1.165, 1.54) is 6.20 Å². The summed E-state index contributed by atoms with van der Waals surface area (Å²) < 4.78 is 35.1. The maximum atomic E-state index is 12.5. The quantitative estimate of drug-likeness (QED) is 0.546. The van der Waals surface area contributed by atoms with Crippen molar-refractivity contribution in [3.8, 4) is 11.6 Å². The average Bonchev–Trinajstić information content (AvgIpc) is 2.61. The molecule has 0 radical (unpaired) electrons. The van der Waals surface area contributed by atoms with Gasteiger partial charge in [0.05, 0.1) is 17.6 Å². The monoisotopic (exact) mass is 412 g/mol. The van der Waals surface area contributed by atoms with E-state index in [1.54, 1.807) is 13.2 Å². The lowest BCUT2D eigenvalue weighted by atomic mass is 10.0. The van der Waals surface area contributed by atoms with Crippen LogP contribution in [0, 0.1) is 0 Å². The van der Waals surface area contributed by atoms with E-state index in [-0.39, 0.29) is 11.9 Å². The molecule has 134 valence electrons. The van der Waals surface area contributed by atoms with Crippen LogP contribution < -0.4 is 14.8 Å². The Bertz CT molecular complexity index is 696. The van der Waals surface area contributed by atoms with Crippen molar-refractivity contribution in [1.29, 1.82) is 0 Å². The molecule has 1 aromatic heterocycles. The summed E-state index contributed by atoms with van der Waals surface area (Å²) in [4.78, 5) is 3.86. The number of aromatic nitrogens is 1. The molecular weight excluding hydrogens is 394 g/mol. The molecule has 0 aliphatic carbocycles. The largest absolute Gasteiger partial charge is 0.497 e. The number of halogens is 3. The van der Waals surface area contributed by atoms with E-state index in [1.807, 2.05) is 30.3 Å². The van der Waals surface area contributed by atoms with Crippen molar-refractivity contribution in [2.24, 2.45) is 0 Å². The van der Waals surface area contributed by atoms with Crippen LogP contribution in [-0.2, 0) is 0 Å². The summed E-state index contributed by atoms with van der Waals surface area (Å²) in [5.41, 5.74) is 1.67. The Morgan fingerprint density at radius 2 is 2.00 bits per heavy atom. The lowest BCUT2D eigenvalue weighted by Crippen LogP contribution is -2.13. The van der Waals surface area contributed by atoms with E-state index in [2.05, 4.69) is 37.5 Å². The van der Waals surface area contributed by atoms with E-state index in [0.717, 1.165) is 29.8 Å². The highest BCUT2D eigenvalue weighted by atomic mass is 79.9. The first-order chi connectivity index (χ1) is 12.0. The van der Waals surface area contributed by atoms with Crippen LogP contribution in [0.2, 0.25) is 0 Å². The minimum atomic E-state index is -2.93. The molecule has 0 amide bonds. The van der Waals surface area contributed by atoms with Crippen molar-refractivity contribution >= 4 is 21.6 Å². The van der Waals surface area contributed by atoms with Crippen LogP contribution in [-0.4, -0.2) is 18.7 Å². The fourth-order valence-electron chi connectivity index (χ4n) is 2.35. The van der Waals surface area contributed by atoms with Crippen LogP contribution >= 0.6 is 15.9 Å². The van der Waals surface area contributed by atoms with Gasteiger partial charge >= 0.3 is 6.61 Å². The number of rotatable bonds is 9. The SMILES string of the molecule is C=CCC[C@@H](Nc1ccc(OC)cc1)c1ccnc(OC(F)F)c1Br. The zero-order valence-corrected chi connectivity index (χ0v) is 15.3. The molecule has 0 aliphatic heterocycles. The second-order valence-electron chi connectivity index (χ2n) is 5.19. The molecule has 2 rings (SSSR count). The molecule has 1 atom stereocenters. The number of hydrogen-bond donors (Lipinski definition) is 1. The Kier molecular flexibility index (Phi) is 7.18. The standard InChI is InChI=1S/C18H19BrF2N2O2/c1-3-4-5-15(23-12-6-8-13(24-2)9-7-12)14-10-11-22-17(16(14)19)25-18(20)21/h3,6-11,15,18,23H,1,4-5H2,2H3/t15-/m1/s1. The minimum Gasteiger partial charge on any atom is -0.497 e. The van der Waals surface area contributed by atoms with Gasteiger partial charge in [0, 0.05) is 11.9 Å². The van der Waals surface area contributed by atoms with Gasteiger partial charge in [0.1, 0.15) is 5.75 Å². The highest BCUT2D eigenvalue weighted by Gasteiger charge is 2.19. The molecule has 0 unspecified atom stereocenters. The molecule has 4 nitrogen and oxygen atoms in total. The lowest BCUT2D eigenvalue weighted by Gasteiger charge is -2.22. The second kappa shape index (κ2) is 9.36. The fraction of sp³-hybridized carbons (Fsp3) is 0.278. The van der Waals surface area contributed by atoms with E-state index in [0.29, 0.717) is 4.47 Å². The molecule has 25 heavy (non-hydrogen) atoms. The Hall–Kier alpha value is -2.15. The van der Waals surface area contributed by atoms with Crippen molar-refractivity contribution in [2.45, 2.75) is 25.5 Å². The molecule has 2 aromatic rings. The molecule has 0 saturated heterocycles. The minimum absolute atomic E-state index is 0.132. The van der Waals surface area contributed by atoms with E-state index in [9.17, 15) is 8.78 Å². The van der Waals surface area contributed by atoms with Gasteiger partial charge in [0.25, 0.3) is 0 Å². The molecular formula is C18H19BrF2N2O2. The molecule has 7 heteroatoms. The van der Waals surface area contributed by atoms with Crippen molar-refractivity contribution in [3.63, 3.8) is 0 Å². The number of pyridine rings is 1. The predicted molar refractivity (Wildman–Crippen MR) is 97.4 cm³/mol. The summed E-state index contributed by atoms with van der Waals surface area (Å²) in [5.74, 6) is 0.624. The molecule has 1 aromatic carbocycles. The number of hydrogen-bond acceptors (Lipinski definition) is 4. The van der Waals surface area contributed by atoms with Gasteiger partial charge in [-0.05, 0) is 64.7 Å². The highest BCUT2D eigenvalue weighted by Crippen LogP contribution is 2.35. The first-order valence-corrected chi connectivity index (χ1v) is 8.45. The van der Waals surface area contributed by atoms with Crippen molar-refractivity contribution < 1.29 is 18.3 Å². The normalized spacial score (nSPS) is 11.9. The Labute approximate surface area is 154 Å². The van der Waals surface area contributed by atoms with Gasteiger partial charge in [0.2, 0.25) is 5.88 Å². The number of anilines is 1. The number of benzene rings is 1. The smallest absolute Gasteiger partial charge is 0.388 e. The first kappa shape index (κ1) is 19.2. The molecule has 0 spiro atoms. The third kappa shape index (κ3) is 5.42. The lowest BCUT2D eigenvalue weighted by molar-refractivity contribution is -0.0534. The van der Waals surface area contributed by atoms with Crippen LogP contribution in [0.1, 0.15) is 24.4 Å². The molecule has 0 bridgehead atoms. The predicted octanol–water partition coefficient (Wildman–Crippen LogP) is 5.57. The maximum absolute atomic E-state index is 12.5. The molecule has 1 N–H and O–H groups in total. The van der Waals surface area contributed by atoms with Crippen LogP contribution in [0.25, 0.3) is 0 Å². The van der Waals surface area contributed by atoms with Gasteiger partial charge in [-0.25, -0.2) is 4.98 Å². The number of nitrogens with zero attached hydrogens (tertiary/aromatic N) is 1. The average molecular weight is 413 g/mol. The van der Waals surface area contributed by atoms with Gasteiger partial charge in [-0.1, -0.05) is 6.08 Å². The number of ether oxygens (including phenoxy) is 2. The number of allylic oxidation sites excluding steroid dienone is 1. The van der Waals surface area contributed by atoms with Crippen molar-refractivity contribution in [1.82, 2.24) is 4.98 Å². The zero-order valence-electron chi connectivity index (χ0n) is 13.7. The van der Waals surface area contributed by atoms with Crippen LogP contribution in [0.15, 0.2) is 53.7 Å². The summed E-state index contributed by atoms with van der Waals surface area (Å²) in [5, 5.41) is 3.40. The first-order valence-electron chi connectivity index (χ1n) is 7.65. The Morgan fingerprint density at radius 3 is 2.60 bits per heavy atom. The molecule has 0 fully saturated rings. The van der Waals surface area contributed by atoms with Crippen LogP contribution in [0.5, 0.6) is 11.6 Å². The molecule has 1 heterocycles. The maximum Gasteiger partial charge on any atom is 0.388 e. The van der Waals surface area contributed by atoms with E-state index >= 15 is 0 Å². The van der Waals surface area contributed by atoms with Gasteiger partial charge < -0.3 is 14.8 Å². The van der Waals surface area contributed by atoms with Gasteiger partial charge in [-0.3, -0.25) is 0 Å². The summed E-state index contributed by atoms with van der Waals surface area (Å²) in [6.45, 7) is 0.813. The Balaban J connectivity index is 2.28. The van der Waals surface area contributed by atoms with E-state index < -0.39 is 6.61 Å². The topological polar surface area (TPSA) is 43.4 Å². The highest BCUT2D eigenvalue weighted by molar-refractivity contribution is 9.10. The summed E-state index contributed by atoms with van der Waals surface area (Å²) in [6.07, 6.45) is 4.75. The fourth-order valence-corrected chi connectivity index (χ4v) is 2.96. The number of methoxy groups -OCH3 is 1. The van der Waals surface area contributed by atoms with Crippen LogP contribution in [0.3, 0.4) is 0 Å². The zero-order chi connectivity index (χ0) is 18.2. The number of nitrogens with one attached hydrogen (secondary N) is 1. The third-order valence-electron chi connectivity index (χ3n) is 3.55. The number of alkyl halides is 2. The van der Waals surface area contributed by atoms with Gasteiger partial charge in [-0.2, -0.15) is 8.78 Å². The third-order valence-corrected chi connectivity index (χ3v) is 4.35. The Morgan fingerprint density at radius 1 is 1.28 bits per heavy atom.